The number of hydrogen-bond acceptors (Lipinski definition) is 2. The lowest BCUT2D eigenvalue weighted by Crippen LogP contribution is -2.15. The summed E-state index contributed by atoms with van der Waals surface area (Å²) < 4.78 is 5.39. The van der Waals surface area contributed by atoms with Crippen LogP contribution in [0.3, 0.4) is 0 Å². The molecule has 0 amide bonds. The molecule has 1 aliphatic rings. The van der Waals surface area contributed by atoms with Gasteiger partial charge in [0.15, 0.2) is 0 Å². The lowest BCUT2D eigenvalue weighted by molar-refractivity contribution is 0.182. The molecule has 2 atom stereocenters. The average Bonchev–Trinajstić information content (AvgIpc) is 2.83. The van der Waals surface area contributed by atoms with Crippen molar-refractivity contribution in [2.75, 3.05) is 13.2 Å². The van der Waals surface area contributed by atoms with E-state index in [-0.39, 0.29) is 6.04 Å². The van der Waals surface area contributed by atoms with Crippen LogP contribution < -0.4 is 5.73 Å². The van der Waals surface area contributed by atoms with Gasteiger partial charge in [0.05, 0.1) is 0 Å². The zero-order chi connectivity index (χ0) is 12.1. The predicted octanol–water partition coefficient (Wildman–Crippen LogP) is 3.07. The molecule has 0 radical (unpaired) electrons. The Morgan fingerprint density at radius 2 is 2.12 bits per heavy atom. The first-order valence-electron chi connectivity index (χ1n) is 6.71. The maximum Gasteiger partial charge on any atom is 0.0495 e. The Morgan fingerprint density at radius 3 is 2.71 bits per heavy atom. The first-order chi connectivity index (χ1) is 8.29. The summed E-state index contributed by atoms with van der Waals surface area (Å²) in [6, 6.07) is 8.96. The van der Waals surface area contributed by atoms with E-state index >= 15 is 0 Å². The van der Waals surface area contributed by atoms with Crippen LogP contribution in [-0.4, -0.2) is 13.2 Å². The number of ether oxygens (including phenoxy) is 1. The maximum atomic E-state index is 6.24. The van der Waals surface area contributed by atoms with Gasteiger partial charge in [0, 0.05) is 19.3 Å². The summed E-state index contributed by atoms with van der Waals surface area (Å²) in [4.78, 5) is 0. The van der Waals surface area contributed by atoms with Crippen molar-refractivity contribution in [1.82, 2.24) is 0 Å². The van der Waals surface area contributed by atoms with Gasteiger partial charge in [-0.1, -0.05) is 37.6 Å². The van der Waals surface area contributed by atoms with Crippen molar-refractivity contribution in [3.05, 3.63) is 35.4 Å². The first-order valence-corrected chi connectivity index (χ1v) is 6.71. The van der Waals surface area contributed by atoms with Crippen LogP contribution in [0.4, 0.5) is 0 Å². The van der Waals surface area contributed by atoms with Gasteiger partial charge in [0.2, 0.25) is 0 Å². The largest absolute Gasteiger partial charge is 0.381 e. The SMILES string of the molecule is CCCc1ccc(C(N)CC2CCOC2)cc1. The van der Waals surface area contributed by atoms with Gasteiger partial charge in [-0.25, -0.2) is 0 Å². The molecule has 2 nitrogen and oxygen atoms in total. The van der Waals surface area contributed by atoms with Gasteiger partial charge in [0.25, 0.3) is 0 Å². The lowest BCUT2D eigenvalue weighted by Gasteiger charge is -2.16. The average molecular weight is 233 g/mol. The number of aryl methyl sites for hydroxylation is 1. The van der Waals surface area contributed by atoms with Crippen LogP contribution in [0.2, 0.25) is 0 Å². The molecule has 2 unspecified atom stereocenters. The molecule has 1 aromatic rings. The number of nitrogens with two attached hydrogens (primary N) is 1. The van der Waals surface area contributed by atoms with Crippen molar-refractivity contribution in [3.63, 3.8) is 0 Å². The fourth-order valence-electron chi connectivity index (χ4n) is 2.48. The van der Waals surface area contributed by atoms with Gasteiger partial charge in [-0.2, -0.15) is 0 Å². The van der Waals surface area contributed by atoms with Crippen LogP contribution in [0.5, 0.6) is 0 Å². The van der Waals surface area contributed by atoms with Crippen LogP contribution >= 0.6 is 0 Å². The molecule has 2 rings (SSSR count). The second-order valence-electron chi connectivity index (χ2n) is 5.06. The molecule has 94 valence electrons. The molecule has 0 aromatic heterocycles. The zero-order valence-electron chi connectivity index (χ0n) is 10.7. The third-order valence-corrected chi connectivity index (χ3v) is 3.56. The molecule has 0 bridgehead atoms. The Bertz CT molecular complexity index is 327. The van der Waals surface area contributed by atoms with Crippen molar-refractivity contribution < 1.29 is 4.74 Å². The van der Waals surface area contributed by atoms with Crippen molar-refractivity contribution in [2.45, 2.75) is 38.6 Å². The van der Waals surface area contributed by atoms with Crippen LogP contribution in [0.15, 0.2) is 24.3 Å². The van der Waals surface area contributed by atoms with E-state index in [1.807, 2.05) is 0 Å². The van der Waals surface area contributed by atoms with Crippen molar-refractivity contribution in [2.24, 2.45) is 11.7 Å². The third-order valence-electron chi connectivity index (χ3n) is 3.56. The van der Waals surface area contributed by atoms with Crippen LogP contribution in [-0.2, 0) is 11.2 Å². The molecule has 0 spiro atoms. The number of benzene rings is 1. The summed E-state index contributed by atoms with van der Waals surface area (Å²) in [7, 11) is 0. The summed E-state index contributed by atoms with van der Waals surface area (Å²) >= 11 is 0. The fraction of sp³-hybridized carbons (Fsp3) is 0.600. The van der Waals surface area contributed by atoms with E-state index in [9.17, 15) is 0 Å². The minimum atomic E-state index is 0.164. The van der Waals surface area contributed by atoms with Crippen molar-refractivity contribution in [3.8, 4) is 0 Å². The molecule has 0 saturated carbocycles. The van der Waals surface area contributed by atoms with Crippen LogP contribution in [0.1, 0.15) is 43.4 Å². The molecular formula is C15H23NO. The van der Waals surface area contributed by atoms with Crippen molar-refractivity contribution >= 4 is 0 Å². The Morgan fingerprint density at radius 1 is 1.35 bits per heavy atom. The quantitative estimate of drug-likeness (QED) is 0.848. The van der Waals surface area contributed by atoms with Crippen molar-refractivity contribution in [1.29, 1.82) is 0 Å². The predicted molar refractivity (Wildman–Crippen MR) is 70.9 cm³/mol. The molecule has 2 heteroatoms. The molecule has 17 heavy (non-hydrogen) atoms. The van der Waals surface area contributed by atoms with E-state index in [0.29, 0.717) is 5.92 Å². The molecule has 1 aromatic carbocycles. The molecule has 0 aliphatic carbocycles. The first kappa shape index (κ1) is 12.6. The monoisotopic (exact) mass is 233 g/mol. The van der Waals surface area contributed by atoms with Gasteiger partial charge in [-0.15, -0.1) is 0 Å². The highest BCUT2D eigenvalue weighted by Gasteiger charge is 2.19. The zero-order valence-corrected chi connectivity index (χ0v) is 10.7. The van der Waals surface area contributed by atoms with Gasteiger partial charge in [-0.05, 0) is 36.3 Å². The van der Waals surface area contributed by atoms with E-state index in [2.05, 4.69) is 31.2 Å². The Kier molecular flexibility index (Phi) is 4.57. The van der Waals surface area contributed by atoms with E-state index < -0.39 is 0 Å². The highest BCUT2D eigenvalue weighted by molar-refractivity contribution is 5.25. The Balaban J connectivity index is 1.91. The second-order valence-corrected chi connectivity index (χ2v) is 5.06. The van der Waals surface area contributed by atoms with Crippen LogP contribution in [0.25, 0.3) is 0 Å². The second kappa shape index (κ2) is 6.18. The molecule has 1 saturated heterocycles. The summed E-state index contributed by atoms with van der Waals surface area (Å²) in [6.07, 6.45) is 4.57. The normalized spacial score (nSPS) is 21.6. The Hall–Kier alpha value is -0.860. The standard InChI is InChI=1S/C15H23NO/c1-2-3-12-4-6-14(7-5-12)15(16)10-13-8-9-17-11-13/h4-7,13,15H,2-3,8-11,16H2,1H3. The topological polar surface area (TPSA) is 35.2 Å². The lowest BCUT2D eigenvalue weighted by atomic mass is 9.94. The molecular weight excluding hydrogens is 210 g/mol. The minimum Gasteiger partial charge on any atom is -0.381 e. The maximum absolute atomic E-state index is 6.24. The molecule has 2 N–H and O–H groups in total. The molecule has 1 heterocycles. The van der Waals surface area contributed by atoms with E-state index in [0.717, 1.165) is 26.1 Å². The van der Waals surface area contributed by atoms with Gasteiger partial charge < -0.3 is 10.5 Å². The summed E-state index contributed by atoms with van der Waals surface area (Å²) in [5, 5.41) is 0. The van der Waals surface area contributed by atoms with E-state index in [1.165, 1.54) is 24.0 Å². The van der Waals surface area contributed by atoms with E-state index in [4.69, 9.17) is 10.5 Å². The van der Waals surface area contributed by atoms with Gasteiger partial charge >= 0.3 is 0 Å². The van der Waals surface area contributed by atoms with E-state index in [1.54, 1.807) is 0 Å². The summed E-state index contributed by atoms with van der Waals surface area (Å²) in [5.41, 5.74) is 8.91. The molecule has 1 fully saturated rings. The minimum absolute atomic E-state index is 0.164. The highest BCUT2D eigenvalue weighted by atomic mass is 16.5. The fourth-order valence-corrected chi connectivity index (χ4v) is 2.48. The smallest absolute Gasteiger partial charge is 0.0495 e. The summed E-state index contributed by atoms with van der Waals surface area (Å²) in [5.74, 6) is 0.653. The Labute approximate surface area is 104 Å². The number of hydrogen-bond donors (Lipinski definition) is 1. The molecule has 1 aliphatic heterocycles. The number of rotatable bonds is 5. The van der Waals surface area contributed by atoms with Gasteiger partial charge in [-0.3, -0.25) is 0 Å². The summed E-state index contributed by atoms with van der Waals surface area (Å²) in [6.45, 7) is 4.01. The van der Waals surface area contributed by atoms with Crippen LogP contribution in [0, 0.1) is 5.92 Å². The van der Waals surface area contributed by atoms with Gasteiger partial charge in [0.1, 0.15) is 0 Å². The third kappa shape index (κ3) is 3.55. The highest BCUT2D eigenvalue weighted by Crippen LogP contribution is 2.25.